The minimum Gasteiger partial charge on any atom is -0.480 e. The zero-order valence-electron chi connectivity index (χ0n) is 13.1. The molecule has 1 N–H and O–H groups in total. The van der Waals surface area contributed by atoms with Crippen molar-refractivity contribution in [3.05, 3.63) is 53.3 Å². The minimum absolute atomic E-state index is 0.00258. The van der Waals surface area contributed by atoms with Crippen molar-refractivity contribution in [2.24, 2.45) is 0 Å². The van der Waals surface area contributed by atoms with Crippen LogP contribution in [0.1, 0.15) is 30.1 Å². The zero-order valence-corrected chi connectivity index (χ0v) is 13.9. The number of carboxylic acids is 1. The molecule has 5 nitrogen and oxygen atoms in total. The van der Waals surface area contributed by atoms with Crippen LogP contribution in [-0.4, -0.2) is 39.0 Å². The van der Waals surface area contributed by atoms with E-state index in [-0.39, 0.29) is 11.9 Å². The van der Waals surface area contributed by atoms with E-state index in [1.165, 1.54) is 18.0 Å². The van der Waals surface area contributed by atoms with E-state index in [0.29, 0.717) is 10.6 Å². The summed E-state index contributed by atoms with van der Waals surface area (Å²) in [5.74, 6) is -1.30. The predicted molar refractivity (Wildman–Crippen MR) is 91.0 cm³/mol. The van der Waals surface area contributed by atoms with Crippen molar-refractivity contribution in [1.29, 1.82) is 0 Å². The van der Waals surface area contributed by atoms with E-state index in [9.17, 15) is 14.7 Å². The summed E-state index contributed by atoms with van der Waals surface area (Å²) in [7, 11) is 0. The Morgan fingerprint density at radius 1 is 1.21 bits per heavy atom. The van der Waals surface area contributed by atoms with Crippen molar-refractivity contribution >= 4 is 23.5 Å². The van der Waals surface area contributed by atoms with Crippen molar-refractivity contribution < 1.29 is 14.7 Å². The molecule has 0 spiro atoms. The van der Waals surface area contributed by atoms with Crippen molar-refractivity contribution in [1.82, 2.24) is 9.88 Å². The lowest BCUT2D eigenvalue weighted by Gasteiger charge is -2.26. The van der Waals surface area contributed by atoms with Crippen LogP contribution in [0.3, 0.4) is 0 Å². The van der Waals surface area contributed by atoms with Gasteiger partial charge in [0.15, 0.2) is 0 Å². The van der Waals surface area contributed by atoms with Crippen molar-refractivity contribution in [2.45, 2.75) is 31.8 Å². The summed E-state index contributed by atoms with van der Waals surface area (Å²) in [4.78, 5) is 29.7. The summed E-state index contributed by atoms with van der Waals surface area (Å²) in [5.41, 5.74) is 2.07. The van der Waals surface area contributed by atoms with Gasteiger partial charge >= 0.3 is 5.97 Å². The monoisotopic (exact) mass is 344 g/mol. The number of amides is 1. The van der Waals surface area contributed by atoms with E-state index in [1.54, 1.807) is 24.4 Å². The summed E-state index contributed by atoms with van der Waals surface area (Å²) < 4.78 is 0. The average Bonchev–Trinajstić information content (AvgIpc) is 3.40. The lowest BCUT2D eigenvalue weighted by Crippen LogP contribution is -2.44. The number of rotatable bonds is 5. The summed E-state index contributed by atoms with van der Waals surface area (Å²) in [6, 6.07) is 8.13. The molecule has 0 aliphatic heterocycles. The first kappa shape index (κ1) is 16.5. The molecule has 1 amide bonds. The highest BCUT2D eigenvalue weighted by Crippen LogP contribution is 2.31. The fourth-order valence-electron chi connectivity index (χ4n) is 2.64. The van der Waals surface area contributed by atoms with E-state index >= 15 is 0 Å². The van der Waals surface area contributed by atoms with Gasteiger partial charge in [-0.1, -0.05) is 23.7 Å². The van der Waals surface area contributed by atoms with Gasteiger partial charge < -0.3 is 10.0 Å². The number of hydrogen-bond donors (Lipinski definition) is 1. The summed E-state index contributed by atoms with van der Waals surface area (Å²) >= 11 is 5.90. The van der Waals surface area contributed by atoms with Crippen LogP contribution in [0.5, 0.6) is 0 Å². The first-order chi connectivity index (χ1) is 11.5. The highest BCUT2D eigenvalue weighted by atomic mass is 35.5. The molecule has 1 aliphatic carbocycles. The molecule has 0 bridgehead atoms. The number of aromatic nitrogens is 1. The highest BCUT2D eigenvalue weighted by Gasteiger charge is 2.38. The molecule has 3 rings (SSSR count). The second-order valence-electron chi connectivity index (χ2n) is 5.93. The number of halogens is 1. The Balaban J connectivity index is 1.91. The van der Waals surface area contributed by atoms with Gasteiger partial charge in [0.1, 0.15) is 6.04 Å². The number of nitrogens with zero attached hydrogens (tertiary/aromatic N) is 2. The smallest absolute Gasteiger partial charge is 0.326 e. The first-order valence-corrected chi connectivity index (χ1v) is 8.11. The van der Waals surface area contributed by atoms with Gasteiger partial charge in [0.05, 0.1) is 5.56 Å². The average molecular weight is 345 g/mol. The van der Waals surface area contributed by atoms with Crippen LogP contribution >= 0.6 is 11.6 Å². The number of carbonyl (C=O) groups is 2. The van der Waals surface area contributed by atoms with E-state index in [2.05, 4.69) is 4.98 Å². The third kappa shape index (κ3) is 3.41. The van der Waals surface area contributed by atoms with E-state index in [4.69, 9.17) is 11.6 Å². The Morgan fingerprint density at radius 2 is 1.88 bits per heavy atom. The largest absolute Gasteiger partial charge is 0.480 e. The SMILES string of the molecule is CC(C(=O)O)N(C(=O)c1cncc(-c2ccc(Cl)cc2)c1)C1CC1. The molecule has 1 aliphatic rings. The molecule has 0 radical (unpaired) electrons. The molecule has 0 saturated heterocycles. The molecule has 1 heterocycles. The molecule has 1 fully saturated rings. The Morgan fingerprint density at radius 3 is 2.46 bits per heavy atom. The molecule has 1 saturated carbocycles. The van der Waals surface area contributed by atoms with Crippen LogP contribution in [-0.2, 0) is 4.79 Å². The fraction of sp³-hybridized carbons (Fsp3) is 0.278. The molecule has 6 heteroatoms. The van der Waals surface area contributed by atoms with Crippen LogP contribution in [0.2, 0.25) is 5.02 Å². The zero-order chi connectivity index (χ0) is 17.3. The van der Waals surface area contributed by atoms with E-state index < -0.39 is 12.0 Å². The molecule has 1 aromatic carbocycles. The maximum absolute atomic E-state index is 12.8. The molecule has 24 heavy (non-hydrogen) atoms. The van der Waals surface area contributed by atoms with Crippen molar-refractivity contribution in [3.63, 3.8) is 0 Å². The van der Waals surface area contributed by atoms with Gasteiger partial charge in [-0.2, -0.15) is 0 Å². The van der Waals surface area contributed by atoms with Crippen LogP contribution in [0, 0.1) is 0 Å². The molecule has 124 valence electrons. The molecule has 1 unspecified atom stereocenters. The maximum Gasteiger partial charge on any atom is 0.326 e. The third-order valence-electron chi connectivity index (χ3n) is 4.11. The number of pyridine rings is 1. The van der Waals surface area contributed by atoms with Crippen molar-refractivity contribution in [3.8, 4) is 11.1 Å². The molecule has 2 aromatic rings. The normalized spacial score (nSPS) is 14.9. The predicted octanol–water partition coefficient (Wildman–Crippen LogP) is 3.48. The third-order valence-corrected chi connectivity index (χ3v) is 4.36. The molecule has 1 aromatic heterocycles. The second-order valence-corrected chi connectivity index (χ2v) is 6.36. The van der Waals surface area contributed by atoms with Crippen LogP contribution in [0.25, 0.3) is 11.1 Å². The molecular weight excluding hydrogens is 328 g/mol. The summed E-state index contributed by atoms with van der Waals surface area (Å²) in [6.07, 6.45) is 4.83. The fourth-order valence-corrected chi connectivity index (χ4v) is 2.76. The lowest BCUT2D eigenvalue weighted by molar-refractivity contribution is -0.141. The molecule has 1 atom stereocenters. The Kier molecular flexibility index (Phi) is 4.53. The van der Waals surface area contributed by atoms with Gasteiger partial charge in [0.2, 0.25) is 0 Å². The summed E-state index contributed by atoms with van der Waals surface area (Å²) in [6.45, 7) is 1.54. The Hall–Kier alpha value is -2.40. The van der Waals surface area contributed by atoms with E-state index in [1.807, 2.05) is 12.1 Å². The Labute approximate surface area is 144 Å². The van der Waals surface area contributed by atoms with Crippen LogP contribution in [0.4, 0.5) is 0 Å². The van der Waals surface area contributed by atoms with E-state index in [0.717, 1.165) is 24.0 Å². The standard InChI is InChI=1S/C18H17ClN2O3/c1-11(18(23)24)21(16-6-7-16)17(22)14-8-13(9-20-10-14)12-2-4-15(19)5-3-12/h2-5,8-11,16H,6-7H2,1H3,(H,23,24). The van der Waals surface area contributed by atoms with Gasteiger partial charge in [-0.25, -0.2) is 4.79 Å². The number of aliphatic carboxylic acids is 1. The van der Waals surface area contributed by atoms with Gasteiger partial charge in [-0.15, -0.1) is 0 Å². The molecular formula is C18H17ClN2O3. The maximum atomic E-state index is 12.8. The van der Waals surface area contributed by atoms with Gasteiger partial charge in [-0.3, -0.25) is 9.78 Å². The number of hydrogen-bond acceptors (Lipinski definition) is 3. The quantitative estimate of drug-likeness (QED) is 0.901. The number of carbonyl (C=O) groups excluding carboxylic acids is 1. The van der Waals surface area contributed by atoms with Gasteiger partial charge in [-0.05, 0) is 43.5 Å². The topological polar surface area (TPSA) is 70.5 Å². The summed E-state index contributed by atoms with van der Waals surface area (Å²) in [5, 5.41) is 9.89. The van der Waals surface area contributed by atoms with Crippen LogP contribution in [0.15, 0.2) is 42.7 Å². The minimum atomic E-state index is -1.00. The highest BCUT2D eigenvalue weighted by molar-refractivity contribution is 6.30. The van der Waals surface area contributed by atoms with Crippen molar-refractivity contribution in [2.75, 3.05) is 0 Å². The van der Waals surface area contributed by atoms with Gasteiger partial charge in [0, 0.05) is 29.0 Å². The Bertz CT molecular complexity index is 772. The first-order valence-electron chi connectivity index (χ1n) is 7.74. The number of benzene rings is 1. The van der Waals surface area contributed by atoms with Crippen LogP contribution < -0.4 is 0 Å². The number of carboxylic acid groups (broad SMARTS) is 1. The lowest BCUT2D eigenvalue weighted by atomic mass is 10.1. The second kappa shape index (κ2) is 6.61. The van der Waals surface area contributed by atoms with Gasteiger partial charge in [0.25, 0.3) is 5.91 Å².